The fraction of sp³-hybridized carbons (Fsp3) is 0.222. The molecule has 1 unspecified atom stereocenters. The topological polar surface area (TPSA) is 69.4 Å². The maximum atomic E-state index is 12.3. The molecule has 1 amide bonds. The van der Waals surface area contributed by atoms with Crippen molar-refractivity contribution >= 4 is 11.7 Å². The van der Waals surface area contributed by atoms with Crippen LogP contribution in [0.25, 0.3) is 0 Å². The SMILES string of the molecule is COc1ccc(C(=O)CC(Cc2ccccc2)C(N)=O)cc1. The highest BCUT2D eigenvalue weighted by molar-refractivity contribution is 5.98. The van der Waals surface area contributed by atoms with E-state index < -0.39 is 11.8 Å². The van der Waals surface area contributed by atoms with Crippen LogP contribution in [-0.4, -0.2) is 18.8 Å². The minimum atomic E-state index is -0.503. The van der Waals surface area contributed by atoms with Crippen LogP contribution in [0.2, 0.25) is 0 Å². The molecule has 2 aromatic rings. The Morgan fingerprint density at radius 2 is 1.68 bits per heavy atom. The first-order valence-electron chi connectivity index (χ1n) is 7.10. The van der Waals surface area contributed by atoms with Crippen LogP contribution in [0, 0.1) is 5.92 Å². The van der Waals surface area contributed by atoms with Gasteiger partial charge < -0.3 is 10.5 Å². The number of amides is 1. The number of nitrogens with two attached hydrogens (primary N) is 1. The zero-order valence-electron chi connectivity index (χ0n) is 12.5. The highest BCUT2D eigenvalue weighted by atomic mass is 16.5. The Kier molecular flexibility index (Phi) is 5.31. The van der Waals surface area contributed by atoms with E-state index in [0.29, 0.717) is 17.7 Å². The molecule has 0 bridgehead atoms. The van der Waals surface area contributed by atoms with Gasteiger partial charge in [-0.3, -0.25) is 9.59 Å². The van der Waals surface area contributed by atoms with E-state index in [9.17, 15) is 9.59 Å². The lowest BCUT2D eigenvalue weighted by molar-refractivity contribution is -0.121. The Morgan fingerprint density at radius 1 is 1.05 bits per heavy atom. The molecule has 0 spiro atoms. The van der Waals surface area contributed by atoms with Gasteiger partial charge >= 0.3 is 0 Å². The average molecular weight is 297 g/mol. The third-order valence-electron chi connectivity index (χ3n) is 3.57. The number of rotatable bonds is 7. The first-order valence-corrected chi connectivity index (χ1v) is 7.10. The summed E-state index contributed by atoms with van der Waals surface area (Å²) >= 11 is 0. The molecule has 4 nitrogen and oxygen atoms in total. The van der Waals surface area contributed by atoms with Crippen molar-refractivity contribution in [3.8, 4) is 5.75 Å². The van der Waals surface area contributed by atoms with Gasteiger partial charge in [-0.25, -0.2) is 0 Å². The summed E-state index contributed by atoms with van der Waals surface area (Å²) in [6.45, 7) is 0. The summed E-state index contributed by atoms with van der Waals surface area (Å²) < 4.78 is 5.06. The fourth-order valence-corrected chi connectivity index (χ4v) is 2.29. The molecule has 2 rings (SSSR count). The molecular weight excluding hydrogens is 278 g/mol. The van der Waals surface area contributed by atoms with Crippen LogP contribution in [0.15, 0.2) is 54.6 Å². The minimum Gasteiger partial charge on any atom is -0.497 e. The number of hydrogen-bond acceptors (Lipinski definition) is 3. The number of carbonyl (C=O) groups is 2. The smallest absolute Gasteiger partial charge is 0.221 e. The number of carbonyl (C=O) groups excluding carboxylic acids is 2. The van der Waals surface area contributed by atoms with Gasteiger partial charge in [-0.15, -0.1) is 0 Å². The van der Waals surface area contributed by atoms with Gasteiger partial charge in [0.05, 0.1) is 7.11 Å². The molecule has 114 valence electrons. The van der Waals surface area contributed by atoms with Gasteiger partial charge in [0.15, 0.2) is 5.78 Å². The minimum absolute atomic E-state index is 0.0950. The molecule has 22 heavy (non-hydrogen) atoms. The Bertz CT molecular complexity index is 635. The van der Waals surface area contributed by atoms with Crippen LogP contribution >= 0.6 is 0 Å². The van der Waals surface area contributed by atoms with Crippen molar-refractivity contribution in [3.63, 3.8) is 0 Å². The van der Waals surface area contributed by atoms with Crippen molar-refractivity contribution in [2.24, 2.45) is 11.7 Å². The first-order chi connectivity index (χ1) is 10.6. The van der Waals surface area contributed by atoms with Crippen LogP contribution in [-0.2, 0) is 11.2 Å². The zero-order chi connectivity index (χ0) is 15.9. The van der Waals surface area contributed by atoms with Crippen LogP contribution in [0.4, 0.5) is 0 Å². The Balaban J connectivity index is 2.06. The van der Waals surface area contributed by atoms with E-state index in [1.165, 1.54) is 0 Å². The van der Waals surface area contributed by atoms with E-state index in [2.05, 4.69) is 0 Å². The van der Waals surface area contributed by atoms with Crippen LogP contribution < -0.4 is 10.5 Å². The molecule has 2 aromatic carbocycles. The number of primary amides is 1. The quantitative estimate of drug-likeness (QED) is 0.799. The lowest BCUT2D eigenvalue weighted by atomic mass is 9.91. The van der Waals surface area contributed by atoms with Gasteiger partial charge in [0.2, 0.25) is 5.91 Å². The van der Waals surface area contributed by atoms with E-state index in [4.69, 9.17) is 10.5 Å². The van der Waals surface area contributed by atoms with E-state index >= 15 is 0 Å². The van der Waals surface area contributed by atoms with Crippen LogP contribution in [0.5, 0.6) is 5.75 Å². The van der Waals surface area contributed by atoms with E-state index in [1.54, 1.807) is 31.4 Å². The number of methoxy groups -OCH3 is 1. The summed E-state index contributed by atoms with van der Waals surface area (Å²) in [5.74, 6) is -0.364. The summed E-state index contributed by atoms with van der Waals surface area (Å²) in [4.78, 5) is 23.9. The van der Waals surface area contributed by atoms with Crippen molar-refractivity contribution in [2.45, 2.75) is 12.8 Å². The van der Waals surface area contributed by atoms with Crippen molar-refractivity contribution < 1.29 is 14.3 Å². The molecule has 0 fully saturated rings. The predicted molar refractivity (Wildman–Crippen MR) is 84.8 cm³/mol. The lowest BCUT2D eigenvalue weighted by Gasteiger charge is -2.13. The number of ketones is 1. The molecule has 0 saturated carbocycles. The molecule has 4 heteroatoms. The first kappa shape index (κ1) is 15.8. The van der Waals surface area contributed by atoms with Crippen molar-refractivity contribution in [1.82, 2.24) is 0 Å². The Hall–Kier alpha value is -2.62. The summed E-state index contributed by atoms with van der Waals surface area (Å²) in [5, 5.41) is 0. The molecule has 0 aliphatic rings. The maximum Gasteiger partial charge on any atom is 0.221 e. The molecule has 0 aliphatic carbocycles. The molecule has 0 radical (unpaired) electrons. The van der Waals surface area contributed by atoms with Crippen molar-refractivity contribution in [1.29, 1.82) is 0 Å². The number of ether oxygens (including phenoxy) is 1. The third kappa shape index (κ3) is 4.19. The van der Waals surface area contributed by atoms with Crippen molar-refractivity contribution in [3.05, 3.63) is 65.7 Å². The second kappa shape index (κ2) is 7.41. The summed E-state index contributed by atoms with van der Waals surface area (Å²) in [5.41, 5.74) is 7.00. The molecular formula is C18H19NO3. The third-order valence-corrected chi connectivity index (χ3v) is 3.57. The molecule has 1 atom stereocenters. The number of benzene rings is 2. The molecule has 0 aliphatic heterocycles. The second-order valence-corrected chi connectivity index (χ2v) is 5.14. The van der Waals surface area contributed by atoms with Gasteiger partial charge in [0, 0.05) is 17.9 Å². The highest BCUT2D eigenvalue weighted by Gasteiger charge is 2.20. The van der Waals surface area contributed by atoms with Gasteiger partial charge in [0.1, 0.15) is 5.75 Å². The van der Waals surface area contributed by atoms with Gasteiger partial charge in [-0.1, -0.05) is 30.3 Å². The van der Waals surface area contributed by atoms with Crippen LogP contribution in [0.3, 0.4) is 0 Å². The monoisotopic (exact) mass is 297 g/mol. The fourth-order valence-electron chi connectivity index (χ4n) is 2.29. The lowest BCUT2D eigenvalue weighted by Crippen LogP contribution is -2.27. The normalized spacial score (nSPS) is 11.7. The molecule has 0 aromatic heterocycles. The van der Waals surface area contributed by atoms with Crippen molar-refractivity contribution in [2.75, 3.05) is 7.11 Å². The molecule has 2 N–H and O–H groups in total. The standard InChI is InChI=1S/C18H19NO3/c1-22-16-9-7-14(8-10-16)17(20)12-15(18(19)21)11-13-5-3-2-4-6-13/h2-10,15H,11-12H2,1H3,(H2,19,21). The van der Waals surface area contributed by atoms with Gasteiger partial charge in [0.25, 0.3) is 0 Å². The maximum absolute atomic E-state index is 12.3. The van der Waals surface area contributed by atoms with E-state index in [0.717, 1.165) is 5.56 Å². The van der Waals surface area contributed by atoms with Crippen LogP contribution in [0.1, 0.15) is 22.3 Å². The highest BCUT2D eigenvalue weighted by Crippen LogP contribution is 2.18. The average Bonchev–Trinajstić information content (AvgIpc) is 2.55. The number of hydrogen-bond donors (Lipinski definition) is 1. The molecule has 0 heterocycles. The van der Waals surface area contributed by atoms with E-state index in [1.807, 2.05) is 30.3 Å². The summed E-state index contributed by atoms with van der Waals surface area (Å²) in [6.07, 6.45) is 0.578. The summed E-state index contributed by atoms with van der Waals surface area (Å²) in [7, 11) is 1.57. The van der Waals surface area contributed by atoms with Gasteiger partial charge in [-0.05, 0) is 36.2 Å². The summed E-state index contributed by atoms with van der Waals surface area (Å²) in [6, 6.07) is 16.4. The largest absolute Gasteiger partial charge is 0.497 e. The zero-order valence-corrected chi connectivity index (χ0v) is 12.5. The Morgan fingerprint density at radius 3 is 2.23 bits per heavy atom. The van der Waals surface area contributed by atoms with E-state index in [-0.39, 0.29) is 12.2 Å². The number of Topliss-reactive ketones (excluding diaryl/α,β-unsaturated/α-hetero) is 1. The predicted octanol–water partition coefficient (Wildman–Crippen LogP) is 2.61. The van der Waals surface area contributed by atoms with Gasteiger partial charge in [-0.2, -0.15) is 0 Å². The second-order valence-electron chi connectivity index (χ2n) is 5.14. The molecule has 0 saturated heterocycles. The Labute approximate surface area is 129 Å².